The van der Waals surface area contributed by atoms with Crippen LogP contribution in [-0.4, -0.2) is 20.7 Å². The van der Waals surface area contributed by atoms with Gasteiger partial charge < -0.3 is 5.21 Å². The SMILES string of the molecule is CC(=O)c1c(C)nc(-c2ccc(C(C)C)cc2)n1O. The van der Waals surface area contributed by atoms with Crippen LogP contribution in [0.4, 0.5) is 0 Å². The minimum Gasteiger partial charge on any atom is -0.426 e. The molecule has 0 unspecified atom stereocenters. The van der Waals surface area contributed by atoms with Crippen molar-refractivity contribution < 1.29 is 10.0 Å². The minimum absolute atomic E-state index is 0.197. The van der Waals surface area contributed by atoms with Crippen LogP contribution in [0.5, 0.6) is 0 Å². The first kappa shape index (κ1) is 13.3. The number of imidazole rings is 1. The molecule has 0 amide bonds. The average Bonchev–Trinajstić information content (AvgIpc) is 2.65. The quantitative estimate of drug-likeness (QED) is 0.678. The van der Waals surface area contributed by atoms with Crippen molar-refractivity contribution in [3.05, 3.63) is 41.2 Å². The average molecular weight is 258 g/mol. The van der Waals surface area contributed by atoms with E-state index in [1.165, 1.54) is 12.5 Å². The Morgan fingerprint density at radius 3 is 2.26 bits per heavy atom. The summed E-state index contributed by atoms with van der Waals surface area (Å²) < 4.78 is 0.877. The first-order valence-corrected chi connectivity index (χ1v) is 6.31. The number of carbonyl (C=O) groups is 1. The summed E-state index contributed by atoms with van der Waals surface area (Å²) in [5, 5.41) is 10.0. The van der Waals surface area contributed by atoms with Crippen LogP contribution in [0.15, 0.2) is 24.3 Å². The van der Waals surface area contributed by atoms with Crippen LogP contribution in [0.1, 0.15) is 48.4 Å². The van der Waals surface area contributed by atoms with Crippen LogP contribution in [0.25, 0.3) is 11.4 Å². The van der Waals surface area contributed by atoms with Crippen LogP contribution < -0.4 is 0 Å². The van der Waals surface area contributed by atoms with Gasteiger partial charge in [0.25, 0.3) is 0 Å². The van der Waals surface area contributed by atoms with E-state index >= 15 is 0 Å². The number of hydrogen-bond donors (Lipinski definition) is 1. The highest BCUT2D eigenvalue weighted by molar-refractivity contribution is 5.94. The van der Waals surface area contributed by atoms with Crippen molar-refractivity contribution in [3.63, 3.8) is 0 Å². The van der Waals surface area contributed by atoms with E-state index in [0.717, 1.165) is 10.3 Å². The van der Waals surface area contributed by atoms with Crippen molar-refractivity contribution >= 4 is 5.78 Å². The Morgan fingerprint density at radius 1 is 1.26 bits per heavy atom. The number of Topliss-reactive ketones (excluding diaryl/α,β-unsaturated/α-hetero) is 1. The number of ketones is 1. The molecule has 0 radical (unpaired) electrons. The van der Waals surface area contributed by atoms with Crippen LogP contribution in [-0.2, 0) is 0 Å². The lowest BCUT2D eigenvalue weighted by atomic mass is 10.0. The number of aromatic nitrogens is 2. The maximum atomic E-state index is 11.5. The van der Waals surface area contributed by atoms with E-state index in [0.29, 0.717) is 17.4 Å². The molecule has 0 atom stereocenters. The zero-order valence-electron chi connectivity index (χ0n) is 11.6. The third kappa shape index (κ3) is 2.38. The minimum atomic E-state index is -0.197. The molecule has 0 aliphatic heterocycles. The van der Waals surface area contributed by atoms with Gasteiger partial charge in [-0.25, -0.2) is 4.98 Å². The highest BCUT2D eigenvalue weighted by Crippen LogP contribution is 2.23. The summed E-state index contributed by atoms with van der Waals surface area (Å²) >= 11 is 0. The van der Waals surface area contributed by atoms with E-state index in [4.69, 9.17) is 0 Å². The van der Waals surface area contributed by atoms with Crippen LogP contribution in [0.3, 0.4) is 0 Å². The van der Waals surface area contributed by atoms with Crippen molar-refractivity contribution in [1.82, 2.24) is 9.71 Å². The van der Waals surface area contributed by atoms with Gasteiger partial charge >= 0.3 is 0 Å². The number of carbonyl (C=O) groups excluding carboxylic acids is 1. The summed E-state index contributed by atoms with van der Waals surface area (Å²) in [6.45, 7) is 7.39. The van der Waals surface area contributed by atoms with Crippen molar-refractivity contribution in [2.24, 2.45) is 0 Å². The van der Waals surface area contributed by atoms with Gasteiger partial charge in [0.05, 0.1) is 5.69 Å². The molecule has 100 valence electrons. The molecule has 2 aromatic rings. The highest BCUT2D eigenvalue weighted by atomic mass is 16.5. The van der Waals surface area contributed by atoms with E-state index in [2.05, 4.69) is 18.8 Å². The normalized spacial score (nSPS) is 11.0. The van der Waals surface area contributed by atoms with Crippen molar-refractivity contribution in [1.29, 1.82) is 0 Å². The topological polar surface area (TPSA) is 55.1 Å². The molecular formula is C15H18N2O2. The maximum absolute atomic E-state index is 11.5. The van der Waals surface area contributed by atoms with E-state index in [-0.39, 0.29) is 11.5 Å². The molecule has 0 aliphatic rings. The fourth-order valence-corrected chi connectivity index (χ4v) is 2.13. The summed E-state index contributed by atoms with van der Waals surface area (Å²) in [6.07, 6.45) is 0. The molecule has 0 saturated carbocycles. The number of hydrogen-bond acceptors (Lipinski definition) is 3. The Hall–Kier alpha value is -2.10. The summed E-state index contributed by atoms with van der Waals surface area (Å²) in [6, 6.07) is 7.84. The summed E-state index contributed by atoms with van der Waals surface area (Å²) in [5.41, 5.74) is 2.80. The number of aryl methyl sites for hydroxylation is 1. The Labute approximate surface area is 112 Å². The standard InChI is InChI=1S/C15H18N2O2/c1-9(2)12-5-7-13(8-6-12)15-16-10(3)14(11(4)18)17(15)19/h5-9,19H,1-4H3. The maximum Gasteiger partial charge on any atom is 0.181 e. The zero-order chi connectivity index (χ0) is 14.2. The summed E-state index contributed by atoms with van der Waals surface area (Å²) in [5.74, 6) is 0.660. The van der Waals surface area contributed by atoms with Crippen molar-refractivity contribution in [3.8, 4) is 11.4 Å². The fraction of sp³-hybridized carbons (Fsp3) is 0.333. The Balaban J connectivity index is 2.48. The predicted octanol–water partition coefficient (Wildman–Crippen LogP) is 3.42. The lowest BCUT2D eigenvalue weighted by molar-refractivity contribution is 0.0965. The van der Waals surface area contributed by atoms with Gasteiger partial charge in [0.15, 0.2) is 11.6 Å². The van der Waals surface area contributed by atoms with Crippen LogP contribution in [0.2, 0.25) is 0 Å². The third-order valence-corrected chi connectivity index (χ3v) is 3.20. The fourth-order valence-electron chi connectivity index (χ4n) is 2.13. The largest absolute Gasteiger partial charge is 0.426 e. The lowest BCUT2D eigenvalue weighted by Gasteiger charge is -2.06. The second kappa shape index (κ2) is 4.88. The first-order valence-electron chi connectivity index (χ1n) is 6.31. The zero-order valence-corrected chi connectivity index (χ0v) is 11.6. The van der Waals surface area contributed by atoms with Gasteiger partial charge in [0.2, 0.25) is 0 Å². The molecule has 4 nitrogen and oxygen atoms in total. The Bertz CT molecular complexity index is 610. The van der Waals surface area contributed by atoms with Gasteiger partial charge in [-0.1, -0.05) is 38.1 Å². The van der Waals surface area contributed by atoms with Gasteiger partial charge in [-0.3, -0.25) is 4.79 Å². The van der Waals surface area contributed by atoms with Crippen molar-refractivity contribution in [2.75, 3.05) is 0 Å². The molecule has 2 rings (SSSR count). The molecule has 1 heterocycles. The summed E-state index contributed by atoms with van der Waals surface area (Å²) in [7, 11) is 0. The van der Waals surface area contributed by atoms with E-state index in [1.807, 2.05) is 24.3 Å². The molecule has 1 aromatic carbocycles. The van der Waals surface area contributed by atoms with E-state index in [9.17, 15) is 10.0 Å². The molecule has 0 saturated heterocycles. The van der Waals surface area contributed by atoms with Crippen molar-refractivity contribution in [2.45, 2.75) is 33.6 Å². The third-order valence-electron chi connectivity index (χ3n) is 3.20. The molecule has 0 fully saturated rings. The second-order valence-electron chi connectivity index (χ2n) is 5.01. The number of benzene rings is 1. The molecule has 1 N–H and O–H groups in total. The smallest absolute Gasteiger partial charge is 0.181 e. The van der Waals surface area contributed by atoms with E-state index in [1.54, 1.807) is 6.92 Å². The van der Waals surface area contributed by atoms with Crippen LogP contribution in [0, 0.1) is 6.92 Å². The van der Waals surface area contributed by atoms with Gasteiger partial charge in [0, 0.05) is 12.5 Å². The van der Waals surface area contributed by atoms with Gasteiger partial charge in [-0.05, 0) is 18.4 Å². The Kier molecular flexibility index (Phi) is 3.42. The first-order chi connectivity index (χ1) is 8.91. The molecule has 0 spiro atoms. The number of rotatable bonds is 3. The Morgan fingerprint density at radius 2 is 1.84 bits per heavy atom. The molecule has 0 bridgehead atoms. The van der Waals surface area contributed by atoms with E-state index < -0.39 is 0 Å². The van der Waals surface area contributed by atoms with Gasteiger partial charge in [-0.2, -0.15) is 4.73 Å². The monoisotopic (exact) mass is 258 g/mol. The molecule has 0 aliphatic carbocycles. The molecule has 4 heteroatoms. The van der Waals surface area contributed by atoms with Gasteiger partial charge in [0.1, 0.15) is 5.69 Å². The predicted molar refractivity (Wildman–Crippen MR) is 73.7 cm³/mol. The highest BCUT2D eigenvalue weighted by Gasteiger charge is 2.18. The summed E-state index contributed by atoms with van der Waals surface area (Å²) in [4.78, 5) is 15.7. The number of nitrogens with zero attached hydrogens (tertiary/aromatic N) is 2. The second-order valence-corrected chi connectivity index (χ2v) is 5.01. The lowest BCUT2D eigenvalue weighted by Crippen LogP contribution is -2.05. The molecular weight excluding hydrogens is 240 g/mol. The van der Waals surface area contributed by atoms with Gasteiger partial charge in [-0.15, -0.1) is 0 Å². The molecule has 19 heavy (non-hydrogen) atoms. The van der Waals surface area contributed by atoms with Crippen LogP contribution >= 0.6 is 0 Å². The molecule has 1 aromatic heterocycles.